The summed E-state index contributed by atoms with van der Waals surface area (Å²) in [6.45, 7) is 1.18. The van der Waals surface area contributed by atoms with Gasteiger partial charge in [-0.1, -0.05) is 18.2 Å². The van der Waals surface area contributed by atoms with Crippen LogP contribution in [0.3, 0.4) is 0 Å². The predicted molar refractivity (Wildman–Crippen MR) is 91.7 cm³/mol. The van der Waals surface area contributed by atoms with E-state index in [0.29, 0.717) is 24.6 Å². The maximum atomic E-state index is 12.3. The lowest BCUT2D eigenvalue weighted by Crippen LogP contribution is -2.40. The molecule has 1 aliphatic heterocycles. The van der Waals surface area contributed by atoms with Crippen LogP contribution in [-0.2, 0) is 20.9 Å². The van der Waals surface area contributed by atoms with E-state index < -0.39 is 0 Å². The molecule has 0 unspecified atom stereocenters. The van der Waals surface area contributed by atoms with Crippen LogP contribution in [0.4, 0.5) is 0 Å². The maximum absolute atomic E-state index is 12.3. The third kappa shape index (κ3) is 4.00. The fraction of sp³-hybridized carbons (Fsp3) is 0.526. The summed E-state index contributed by atoms with van der Waals surface area (Å²) < 4.78 is 4.79. The molecule has 25 heavy (non-hydrogen) atoms. The molecule has 6 nitrogen and oxygen atoms in total. The first kappa shape index (κ1) is 17.5. The number of ether oxygens (including phenoxy) is 1. The first-order valence-electron chi connectivity index (χ1n) is 8.80. The first-order valence-corrected chi connectivity index (χ1v) is 8.80. The van der Waals surface area contributed by atoms with E-state index in [2.05, 4.69) is 5.32 Å². The molecule has 1 aromatic rings. The number of carbonyl (C=O) groups excluding carboxylic acids is 3. The molecule has 1 aliphatic carbocycles. The zero-order valence-electron chi connectivity index (χ0n) is 14.5. The van der Waals surface area contributed by atoms with Gasteiger partial charge in [0.2, 0.25) is 5.91 Å². The first-order chi connectivity index (χ1) is 12.1. The normalized spacial score (nSPS) is 22.4. The monoisotopic (exact) mass is 344 g/mol. The molecule has 3 rings (SSSR count). The number of methoxy groups -OCH3 is 1. The Labute approximate surface area is 147 Å². The molecule has 2 aliphatic rings. The van der Waals surface area contributed by atoms with E-state index in [9.17, 15) is 14.4 Å². The highest BCUT2D eigenvalue weighted by Gasteiger charge is 2.29. The Morgan fingerprint density at radius 3 is 2.60 bits per heavy atom. The molecule has 0 bridgehead atoms. The number of benzene rings is 1. The van der Waals surface area contributed by atoms with Crippen molar-refractivity contribution < 1.29 is 19.1 Å². The lowest BCUT2D eigenvalue weighted by molar-refractivity contribution is -0.146. The predicted octanol–water partition coefficient (Wildman–Crippen LogP) is 1.74. The smallest absolute Gasteiger partial charge is 0.308 e. The highest BCUT2D eigenvalue weighted by molar-refractivity contribution is 6.00. The summed E-state index contributed by atoms with van der Waals surface area (Å²) in [5.41, 5.74) is 1.66. The number of hydrogen-bond donors (Lipinski definition) is 1. The molecule has 0 spiro atoms. The second-order valence-electron chi connectivity index (χ2n) is 6.86. The minimum absolute atomic E-state index is 0.00215. The highest BCUT2D eigenvalue weighted by Crippen LogP contribution is 2.29. The quantitative estimate of drug-likeness (QED) is 0.826. The van der Waals surface area contributed by atoms with Gasteiger partial charge in [-0.15, -0.1) is 0 Å². The lowest BCUT2D eigenvalue weighted by atomic mass is 9.82. The molecule has 1 N–H and O–H groups in total. The summed E-state index contributed by atoms with van der Waals surface area (Å²) in [4.78, 5) is 37.6. The van der Waals surface area contributed by atoms with E-state index in [1.165, 1.54) is 7.11 Å². The van der Waals surface area contributed by atoms with E-state index >= 15 is 0 Å². The average Bonchev–Trinajstić information content (AvgIpc) is 2.96. The van der Waals surface area contributed by atoms with Gasteiger partial charge in [0.15, 0.2) is 0 Å². The van der Waals surface area contributed by atoms with Crippen LogP contribution in [0.2, 0.25) is 0 Å². The Morgan fingerprint density at radius 2 is 1.92 bits per heavy atom. The molecule has 1 heterocycles. The van der Waals surface area contributed by atoms with Crippen molar-refractivity contribution in [1.82, 2.24) is 10.2 Å². The number of nitrogens with one attached hydrogen (secondary N) is 1. The Bertz CT molecular complexity index is 665. The average molecular weight is 344 g/mol. The number of fused-ring (bicyclic) bond motifs is 1. The summed E-state index contributed by atoms with van der Waals surface area (Å²) >= 11 is 0. The third-order valence-electron chi connectivity index (χ3n) is 5.20. The third-order valence-corrected chi connectivity index (χ3v) is 5.20. The van der Waals surface area contributed by atoms with E-state index in [0.717, 1.165) is 31.2 Å². The van der Waals surface area contributed by atoms with Crippen molar-refractivity contribution >= 4 is 17.8 Å². The van der Waals surface area contributed by atoms with E-state index in [1.807, 2.05) is 18.2 Å². The summed E-state index contributed by atoms with van der Waals surface area (Å²) in [7, 11) is 1.42. The Hall–Kier alpha value is -2.37. The second-order valence-corrected chi connectivity index (χ2v) is 6.86. The fourth-order valence-electron chi connectivity index (χ4n) is 3.70. The van der Waals surface area contributed by atoms with Gasteiger partial charge in [0.05, 0.1) is 13.0 Å². The van der Waals surface area contributed by atoms with Crippen LogP contribution < -0.4 is 5.32 Å². The number of esters is 1. The molecule has 0 atom stereocenters. The minimum atomic E-state index is -0.130. The van der Waals surface area contributed by atoms with Gasteiger partial charge in [-0.3, -0.25) is 14.4 Å². The van der Waals surface area contributed by atoms with Crippen molar-refractivity contribution in [3.8, 4) is 0 Å². The number of amides is 2. The molecule has 1 saturated carbocycles. The van der Waals surface area contributed by atoms with Crippen LogP contribution in [0.5, 0.6) is 0 Å². The number of carbonyl (C=O) groups is 3. The molecule has 0 radical (unpaired) electrons. The standard InChI is InChI=1S/C19H24N2O4/c1-25-19(24)14-8-6-13(7-9-14)10-20-17(22)12-21-11-15-4-2-3-5-16(15)18(21)23/h2-5,13-14H,6-12H2,1H3,(H,20,22). The molecule has 1 aromatic carbocycles. The van der Waals surface area contributed by atoms with E-state index in [4.69, 9.17) is 4.74 Å². The summed E-state index contributed by atoms with van der Waals surface area (Å²) in [5, 5.41) is 2.94. The van der Waals surface area contributed by atoms with Crippen molar-refractivity contribution in [2.75, 3.05) is 20.2 Å². The molecule has 1 fully saturated rings. The van der Waals surface area contributed by atoms with E-state index in [-0.39, 0.29) is 30.2 Å². The number of rotatable bonds is 5. The molecule has 2 amide bonds. The van der Waals surface area contributed by atoms with Gasteiger partial charge < -0.3 is 15.0 Å². The van der Waals surface area contributed by atoms with Crippen LogP contribution in [0, 0.1) is 11.8 Å². The lowest BCUT2D eigenvalue weighted by Gasteiger charge is -2.27. The van der Waals surface area contributed by atoms with Crippen molar-refractivity contribution in [1.29, 1.82) is 0 Å². The maximum Gasteiger partial charge on any atom is 0.308 e. The van der Waals surface area contributed by atoms with Gasteiger partial charge in [-0.05, 0) is 43.2 Å². The van der Waals surface area contributed by atoms with Gasteiger partial charge in [-0.2, -0.15) is 0 Å². The molecule has 134 valence electrons. The van der Waals surface area contributed by atoms with Gasteiger partial charge in [0.25, 0.3) is 5.91 Å². The van der Waals surface area contributed by atoms with Crippen molar-refractivity contribution in [3.63, 3.8) is 0 Å². The topological polar surface area (TPSA) is 75.7 Å². The Kier molecular flexibility index (Phi) is 5.36. The zero-order chi connectivity index (χ0) is 17.8. The molecule has 0 saturated heterocycles. The molecular weight excluding hydrogens is 320 g/mol. The van der Waals surface area contributed by atoms with Crippen LogP contribution in [0.25, 0.3) is 0 Å². The van der Waals surface area contributed by atoms with Gasteiger partial charge in [0.1, 0.15) is 6.54 Å². The van der Waals surface area contributed by atoms with Crippen LogP contribution in [0.1, 0.15) is 41.6 Å². The van der Waals surface area contributed by atoms with Crippen LogP contribution in [-0.4, -0.2) is 42.9 Å². The Morgan fingerprint density at radius 1 is 1.20 bits per heavy atom. The van der Waals surface area contributed by atoms with Crippen LogP contribution >= 0.6 is 0 Å². The van der Waals surface area contributed by atoms with Gasteiger partial charge in [0, 0.05) is 18.7 Å². The summed E-state index contributed by atoms with van der Waals surface area (Å²) in [5.74, 6) is 0.0455. The molecule has 6 heteroatoms. The second kappa shape index (κ2) is 7.68. The zero-order valence-corrected chi connectivity index (χ0v) is 14.5. The Balaban J connectivity index is 1.41. The van der Waals surface area contributed by atoms with Crippen molar-refractivity contribution in [2.24, 2.45) is 11.8 Å². The minimum Gasteiger partial charge on any atom is -0.469 e. The highest BCUT2D eigenvalue weighted by atomic mass is 16.5. The summed E-state index contributed by atoms with van der Waals surface area (Å²) in [6.07, 6.45) is 3.45. The van der Waals surface area contributed by atoms with Gasteiger partial charge >= 0.3 is 5.97 Å². The number of nitrogens with zero attached hydrogens (tertiary/aromatic N) is 1. The van der Waals surface area contributed by atoms with Crippen LogP contribution in [0.15, 0.2) is 24.3 Å². The largest absolute Gasteiger partial charge is 0.469 e. The molecule has 0 aromatic heterocycles. The fourth-order valence-corrected chi connectivity index (χ4v) is 3.70. The summed E-state index contributed by atoms with van der Waals surface area (Å²) in [6, 6.07) is 7.46. The SMILES string of the molecule is COC(=O)C1CCC(CNC(=O)CN2Cc3ccccc3C2=O)CC1. The van der Waals surface area contributed by atoms with Crippen molar-refractivity contribution in [2.45, 2.75) is 32.2 Å². The van der Waals surface area contributed by atoms with Crippen molar-refractivity contribution in [3.05, 3.63) is 35.4 Å². The number of hydrogen-bond acceptors (Lipinski definition) is 4. The van der Waals surface area contributed by atoms with Gasteiger partial charge in [-0.25, -0.2) is 0 Å². The molecular formula is C19H24N2O4. The van der Waals surface area contributed by atoms with E-state index in [1.54, 1.807) is 11.0 Å².